The molecule has 2 rings (SSSR count). The molecule has 0 fully saturated rings. The van der Waals surface area contributed by atoms with E-state index in [2.05, 4.69) is 0 Å². The van der Waals surface area contributed by atoms with Gasteiger partial charge >= 0.3 is 0 Å². The zero-order valence-corrected chi connectivity index (χ0v) is 6.84. The summed E-state index contributed by atoms with van der Waals surface area (Å²) in [6.07, 6.45) is 0. The van der Waals surface area contributed by atoms with Gasteiger partial charge in [0.1, 0.15) is 11.5 Å². The molecule has 1 unspecified atom stereocenters. The summed E-state index contributed by atoms with van der Waals surface area (Å²) in [6, 6.07) is 4.66. The number of hydrogen-bond donors (Lipinski definition) is 2. The van der Waals surface area contributed by atoms with Crippen molar-refractivity contribution in [2.75, 3.05) is 0 Å². The van der Waals surface area contributed by atoms with Crippen LogP contribution in [0.3, 0.4) is 0 Å². The van der Waals surface area contributed by atoms with Crippen molar-refractivity contribution in [1.29, 1.82) is 0 Å². The van der Waals surface area contributed by atoms with E-state index in [1.54, 1.807) is 12.1 Å². The monoisotopic (exact) mass is 182 g/mol. The minimum absolute atomic E-state index is 0.0351. The molecule has 0 bridgehead atoms. The first-order valence-electron chi connectivity index (χ1n) is 3.34. The average Bonchev–Trinajstić information content (AvgIpc) is 2.29. The van der Waals surface area contributed by atoms with Gasteiger partial charge in [-0.15, -0.1) is 0 Å². The molecule has 12 heavy (non-hydrogen) atoms. The lowest BCUT2D eigenvalue weighted by Gasteiger charge is -2.00. The van der Waals surface area contributed by atoms with Gasteiger partial charge in [0.25, 0.3) is 0 Å². The number of hydrogen-bond acceptors (Lipinski definition) is 3. The van der Waals surface area contributed by atoms with Crippen molar-refractivity contribution in [3.8, 4) is 5.75 Å². The smallest absolute Gasteiger partial charge is 0.136 e. The highest BCUT2D eigenvalue weighted by molar-refractivity contribution is 7.88. The molecule has 1 aromatic carbocycles. The molecular formula is C8H6O3S. The van der Waals surface area contributed by atoms with Gasteiger partial charge in [-0.05, 0) is 12.1 Å². The summed E-state index contributed by atoms with van der Waals surface area (Å²) >= 11 is 0. The Morgan fingerprint density at radius 2 is 2.00 bits per heavy atom. The maximum atomic E-state index is 11.2. The van der Waals surface area contributed by atoms with E-state index >= 15 is 0 Å². The first-order valence-corrected chi connectivity index (χ1v) is 4.55. The molecule has 1 aliphatic rings. The third kappa shape index (κ3) is 0.848. The topological polar surface area (TPSA) is 57.5 Å². The van der Waals surface area contributed by atoms with E-state index in [0.29, 0.717) is 4.90 Å². The van der Waals surface area contributed by atoms with Crippen molar-refractivity contribution in [1.82, 2.24) is 0 Å². The zero-order chi connectivity index (χ0) is 8.72. The van der Waals surface area contributed by atoms with Crippen molar-refractivity contribution in [3.05, 3.63) is 29.2 Å². The molecule has 4 heteroatoms. The molecular weight excluding hydrogens is 176 g/mol. The fraction of sp³-hybridized carbons (Fsp3) is 0. The van der Waals surface area contributed by atoms with Crippen molar-refractivity contribution >= 4 is 16.6 Å². The van der Waals surface area contributed by atoms with Crippen LogP contribution in [-0.2, 0) is 10.8 Å². The molecule has 1 aromatic rings. The van der Waals surface area contributed by atoms with E-state index in [4.69, 9.17) is 0 Å². The summed E-state index contributed by atoms with van der Waals surface area (Å²) in [5.41, 5.74) is 0.288. The molecule has 0 radical (unpaired) electrons. The molecule has 62 valence electrons. The predicted octanol–water partition coefficient (Wildman–Crippen LogP) is 1.37. The summed E-state index contributed by atoms with van der Waals surface area (Å²) in [5.74, 6) is -0.145. The molecule has 1 atom stereocenters. The van der Waals surface area contributed by atoms with Crippen LogP contribution in [0.5, 0.6) is 5.75 Å². The second kappa shape index (κ2) is 2.35. The lowest BCUT2D eigenvalue weighted by molar-refractivity contribution is 0.458. The van der Waals surface area contributed by atoms with E-state index in [1.165, 1.54) is 11.5 Å². The van der Waals surface area contributed by atoms with Gasteiger partial charge in [-0.25, -0.2) is 4.21 Å². The summed E-state index contributed by atoms with van der Waals surface area (Å²) in [4.78, 5) is 0.465. The Bertz CT molecular complexity index is 395. The lowest BCUT2D eigenvalue weighted by atomic mass is 10.2. The van der Waals surface area contributed by atoms with Gasteiger partial charge in [0.05, 0.1) is 26.7 Å². The molecule has 1 aliphatic heterocycles. The van der Waals surface area contributed by atoms with Crippen LogP contribution in [0.2, 0.25) is 0 Å². The van der Waals surface area contributed by atoms with Crippen molar-refractivity contribution in [2.24, 2.45) is 0 Å². The van der Waals surface area contributed by atoms with Gasteiger partial charge in [0.2, 0.25) is 0 Å². The fourth-order valence-electron chi connectivity index (χ4n) is 1.17. The predicted molar refractivity (Wildman–Crippen MR) is 45.1 cm³/mol. The van der Waals surface area contributed by atoms with Crippen LogP contribution in [0, 0.1) is 0 Å². The number of phenols is 1. The number of aromatic hydroxyl groups is 1. The number of fused-ring (bicyclic) bond motifs is 1. The molecule has 0 spiro atoms. The Labute approximate surface area is 71.4 Å². The van der Waals surface area contributed by atoms with E-state index in [1.807, 2.05) is 0 Å². The molecule has 3 nitrogen and oxygen atoms in total. The first kappa shape index (κ1) is 7.36. The Morgan fingerprint density at radius 1 is 1.25 bits per heavy atom. The van der Waals surface area contributed by atoms with Crippen LogP contribution in [-0.4, -0.2) is 14.4 Å². The summed E-state index contributed by atoms with van der Waals surface area (Å²) in [5, 5.41) is 19.7. The highest BCUT2D eigenvalue weighted by atomic mass is 32.2. The van der Waals surface area contributed by atoms with Gasteiger partial charge < -0.3 is 10.2 Å². The maximum absolute atomic E-state index is 11.2. The number of benzene rings is 1. The largest absolute Gasteiger partial charge is 0.507 e. The van der Waals surface area contributed by atoms with Crippen molar-refractivity contribution < 1.29 is 14.4 Å². The van der Waals surface area contributed by atoms with Crippen LogP contribution in [0.4, 0.5) is 0 Å². The SMILES string of the molecule is O=S1C=C(O)c2c(O)cccc21. The number of rotatable bonds is 0. The average molecular weight is 182 g/mol. The molecule has 0 aromatic heterocycles. The van der Waals surface area contributed by atoms with Crippen molar-refractivity contribution in [3.63, 3.8) is 0 Å². The number of phenolic OH excluding ortho intramolecular Hbond substituents is 1. The Balaban J connectivity index is 2.77. The van der Waals surface area contributed by atoms with Gasteiger partial charge in [0.15, 0.2) is 0 Å². The third-order valence-electron chi connectivity index (χ3n) is 1.70. The Kier molecular flexibility index (Phi) is 1.44. The van der Waals surface area contributed by atoms with Crippen LogP contribution in [0.1, 0.15) is 5.56 Å². The molecule has 2 N–H and O–H groups in total. The molecule has 0 aliphatic carbocycles. The van der Waals surface area contributed by atoms with Gasteiger partial charge in [0, 0.05) is 0 Å². The van der Waals surface area contributed by atoms with E-state index in [-0.39, 0.29) is 17.1 Å². The Hall–Kier alpha value is -1.29. The van der Waals surface area contributed by atoms with E-state index < -0.39 is 10.8 Å². The van der Waals surface area contributed by atoms with Crippen LogP contribution >= 0.6 is 0 Å². The maximum Gasteiger partial charge on any atom is 0.136 e. The minimum atomic E-state index is -1.31. The first-order chi connectivity index (χ1) is 5.70. The highest BCUT2D eigenvalue weighted by Crippen LogP contribution is 2.35. The second-order valence-corrected chi connectivity index (χ2v) is 3.72. The standard InChI is InChI=1S/C8H6O3S/c9-5-2-1-3-7-8(5)6(10)4-12(7)11/h1-4,9-10H. The molecule has 0 saturated carbocycles. The van der Waals surface area contributed by atoms with Gasteiger partial charge in [-0.3, -0.25) is 0 Å². The third-order valence-corrected chi connectivity index (χ3v) is 2.91. The molecule has 1 heterocycles. The van der Waals surface area contributed by atoms with Gasteiger partial charge in [-0.2, -0.15) is 0 Å². The van der Waals surface area contributed by atoms with Crippen molar-refractivity contribution in [2.45, 2.75) is 4.90 Å². The molecule has 0 amide bonds. The minimum Gasteiger partial charge on any atom is -0.507 e. The van der Waals surface area contributed by atoms with Crippen LogP contribution in [0.25, 0.3) is 5.76 Å². The van der Waals surface area contributed by atoms with Crippen LogP contribution < -0.4 is 0 Å². The van der Waals surface area contributed by atoms with E-state index in [0.717, 1.165) is 0 Å². The fourth-order valence-corrected chi connectivity index (χ4v) is 2.24. The van der Waals surface area contributed by atoms with Crippen LogP contribution in [0.15, 0.2) is 28.5 Å². The second-order valence-electron chi connectivity index (χ2n) is 2.45. The Morgan fingerprint density at radius 3 is 2.67 bits per heavy atom. The quantitative estimate of drug-likeness (QED) is 0.637. The lowest BCUT2D eigenvalue weighted by Crippen LogP contribution is -1.85. The number of aliphatic hydroxyl groups excluding tert-OH is 1. The summed E-state index contributed by atoms with van der Waals surface area (Å²) < 4.78 is 11.2. The number of aliphatic hydroxyl groups is 1. The highest BCUT2D eigenvalue weighted by Gasteiger charge is 2.22. The molecule has 0 saturated heterocycles. The van der Waals surface area contributed by atoms with E-state index in [9.17, 15) is 14.4 Å². The summed E-state index contributed by atoms with van der Waals surface area (Å²) in [7, 11) is -1.31. The summed E-state index contributed by atoms with van der Waals surface area (Å²) in [6.45, 7) is 0. The normalized spacial score (nSPS) is 20.3. The van der Waals surface area contributed by atoms with Gasteiger partial charge in [-0.1, -0.05) is 6.07 Å². The zero-order valence-electron chi connectivity index (χ0n) is 6.02.